The molecule has 1 atom stereocenters. The number of amides is 1. The van der Waals surface area contributed by atoms with Crippen molar-refractivity contribution in [1.29, 1.82) is 0 Å². The minimum absolute atomic E-state index is 0.354. The third-order valence-electron chi connectivity index (χ3n) is 1.60. The molecule has 60 valence electrons. The van der Waals surface area contributed by atoms with E-state index in [0.717, 1.165) is 0 Å². The quantitative estimate of drug-likeness (QED) is 0.276. The van der Waals surface area contributed by atoms with E-state index in [-0.39, 0.29) is 5.91 Å². The first-order chi connectivity index (χ1) is 4.39. The maximum atomic E-state index is 10.8. The number of hydrogen-bond acceptors (Lipinski definition) is 3. The van der Waals surface area contributed by atoms with Gasteiger partial charge in [0.25, 0.3) is 0 Å². The molecular weight excluding hydrogens is 132 g/mol. The van der Waals surface area contributed by atoms with Crippen LogP contribution in [0, 0.1) is 5.92 Å². The molecule has 0 spiro atoms. The summed E-state index contributed by atoms with van der Waals surface area (Å²) in [6.07, 6.45) is 0. The maximum Gasteiger partial charge on any atom is 0.239 e. The minimum atomic E-state index is -1.01. The zero-order valence-corrected chi connectivity index (χ0v) is 6.51. The smallest absolute Gasteiger partial charge is 0.239 e. The Balaban J connectivity index is 4.08. The van der Waals surface area contributed by atoms with Crippen molar-refractivity contribution < 1.29 is 9.90 Å². The normalized spacial score (nSPS) is 14.5. The van der Waals surface area contributed by atoms with E-state index in [1.54, 1.807) is 20.8 Å². The average Bonchev–Trinajstić information content (AvgIpc) is 1.83. The van der Waals surface area contributed by atoms with Gasteiger partial charge < -0.3 is 5.11 Å². The lowest BCUT2D eigenvalue weighted by atomic mass is 9.92. The van der Waals surface area contributed by atoms with Gasteiger partial charge in [0, 0.05) is 0 Å². The SMILES string of the molecule is CC(C(=O)NN)C(C)(C)O. The largest absolute Gasteiger partial charge is 0.390 e. The summed E-state index contributed by atoms with van der Waals surface area (Å²) in [5, 5.41) is 9.27. The first-order valence-electron chi connectivity index (χ1n) is 3.12. The molecule has 0 aromatic heterocycles. The molecule has 0 heterocycles. The number of hydrazine groups is 1. The molecule has 0 aliphatic carbocycles. The van der Waals surface area contributed by atoms with Crippen LogP contribution in [-0.4, -0.2) is 16.6 Å². The van der Waals surface area contributed by atoms with Gasteiger partial charge in [0.05, 0.1) is 11.5 Å². The Labute approximate surface area is 60.4 Å². The zero-order valence-electron chi connectivity index (χ0n) is 6.51. The summed E-state index contributed by atoms with van der Waals surface area (Å²) < 4.78 is 0. The third kappa shape index (κ3) is 2.33. The summed E-state index contributed by atoms with van der Waals surface area (Å²) >= 11 is 0. The standard InChI is InChI=1S/C6H14N2O2/c1-4(5(9)8-7)6(2,3)10/h4,10H,7H2,1-3H3,(H,8,9). The van der Waals surface area contributed by atoms with Crippen molar-refractivity contribution in [3.05, 3.63) is 0 Å². The second-order valence-electron chi connectivity index (χ2n) is 2.88. The van der Waals surface area contributed by atoms with Gasteiger partial charge in [-0.05, 0) is 13.8 Å². The molecular formula is C6H14N2O2. The number of carbonyl (C=O) groups is 1. The summed E-state index contributed by atoms with van der Waals surface area (Å²) in [5.41, 5.74) is 0.962. The van der Waals surface area contributed by atoms with E-state index in [1.165, 1.54) is 0 Å². The van der Waals surface area contributed by atoms with Gasteiger partial charge in [-0.25, -0.2) is 5.84 Å². The van der Waals surface area contributed by atoms with Crippen LogP contribution in [0.5, 0.6) is 0 Å². The van der Waals surface area contributed by atoms with Crippen molar-refractivity contribution >= 4 is 5.91 Å². The number of aliphatic hydroxyl groups is 1. The second kappa shape index (κ2) is 2.98. The Hall–Kier alpha value is -0.610. The monoisotopic (exact) mass is 146 g/mol. The molecule has 0 bridgehead atoms. The second-order valence-corrected chi connectivity index (χ2v) is 2.88. The van der Waals surface area contributed by atoms with E-state index < -0.39 is 11.5 Å². The molecule has 0 saturated heterocycles. The predicted molar refractivity (Wildman–Crippen MR) is 37.8 cm³/mol. The molecule has 4 N–H and O–H groups in total. The van der Waals surface area contributed by atoms with Crippen molar-refractivity contribution in [2.24, 2.45) is 11.8 Å². The van der Waals surface area contributed by atoms with E-state index in [9.17, 15) is 9.90 Å². The van der Waals surface area contributed by atoms with E-state index in [2.05, 4.69) is 0 Å². The fourth-order valence-corrected chi connectivity index (χ4v) is 0.446. The number of nitrogens with one attached hydrogen (secondary N) is 1. The van der Waals surface area contributed by atoms with E-state index in [1.807, 2.05) is 5.43 Å². The highest BCUT2D eigenvalue weighted by atomic mass is 16.3. The van der Waals surface area contributed by atoms with Crippen molar-refractivity contribution in [3.63, 3.8) is 0 Å². The van der Waals surface area contributed by atoms with Gasteiger partial charge in [0.15, 0.2) is 0 Å². The van der Waals surface area contributed by atoms with Crippen LogP contribution in [0.1, 0.15) is 20.8 Å². The van der Waals surface area contributed by atoms with Gasteiger partial charge >= 0.3 is 0 Å². The third-order valence-corrected chi connectivity index (χ3v) is 1.60. The fourth-order valence-electron chi connectivity index (χ4n) is 0.446. The van der Waals surface area contributed by atoms with Gasteiger partial charge in [-0.2, -0.15) is 0 Å². The van der Waals surface area contributed by atoms with Crippen LogP contribution in [-0.2, 0) is 4.79 Å². The van der Waals surface area contributed by atoms with E-state index in [4.69, 9.17) is 5.84 Å². The van der Waals surface area contributed by atoms with Crippen LogP contribution >= 0.6 is 0 Å². The van der Waals surface area contributed by atoms with Crippen molar-refractivity contribution in [2.75, 3.05) is 0 Å². The van der Waals surface area contributed by atoms with Gasteiger partial charge in [-0.3, -0.25) is 10.2 Å². The van der Waals surface area contributed by atoms with E-state index in [0.29, 0.717) is 0 Å². The Morgan fingerprint density at radius 3 is 2.20 bits per heavy atom. The molecule has 10 heavy (non-hydrogen) atoms. The molecule has 4 nitrogen and oxygen atoms in total. The number of carbonyl (C=O) groups excluding carboxylic acids is 1. The molecule has 0 radical (unpaired) electrons. The Bertz CT molecular complexity index is 128. The van der Waals surface area contributed by atoms with Crippen LogP contribution < -0.4 is 11.3 Å². The molecule has 0 aliphatic rings. The Kier molecular flexibility index (Phi) is 2.80. The molecule has 0 fully saturated rings. The van der Waals surface area contributed by atoms with Gasteiger partial charge in [-0.1, -0.05) is 6.92 Å². The predicted octanol–water partition coefficient (Wildman–Crippen LogP) is -0.617. The van der Waals surface area contributed by atoms with Crippen LogP contribution in [0.25, 0.3) is 0 Å². The molecule has 1 amide bonds. The lowest BCUT2D eigenvalue weighted by molar-refractivity contribution is -0.131. The highest BCUT2D eigenvalue weighted by molar-refractivity contribution is 5.78. The summed E-state index contributed by atoms with van der Waals surface area (Å²) in [6.45, 7) is 4.74. The molecule has 1 unspecified atom stereocenters. The first-order valence-corrected chi connectivity index (χ1v) is 3.12. The highest BCUT2D eigenvalue weighted by Gasteiger charge is 2.27. The minimum Gasteiger partial charge on any atom is -0.390 e. The molecule has 0 rings (SSSR count). The van der Waals surface area contributed by atoms with Crippen LogP contribution in [0.15, 0.2) is 0 Å². The molecule has 0 saturated carbocycles. The summed E-state index contributed by atoms with van der Waals surface area (Å²) in [4.78, 5) is 10.8. The molecule has 0 aromatic rings. The van der Waals surface area contributed by atoms with Crippen molar-refractivity contribution in [2.45, 2.75) is 26.4 Å². The van der Waals surface area contributed by atoms with Crippen molar-refractivity contribution in [1.82, 2.24) is 5.43 Å². The Morgan fingerprint density at radius 1 is 1.70 bits per heavy atom. The molecule has 4 heteroatoms. The lowest BCUT2D eigenvalue weighted by Crippen LogP contribution is -2.44. The van der Waals surface area contributed by atoms with Crippen LogP contribution in [0.4, 0.5) is 0 Å². The Morgan fingerprint density at radius 2 is 2.10 bits per heavy atom. The van der Waals surface area contributed by atoms with Crippen LogP contribution in [0.2, 0.25) is 0 Å². The molecule has 0 aromatic carbocycles. The van der Waals surface area contributed by atoms with Gasteiger partial charge in [0.1, 0.15) is 0 Å². The topological polar surface area (TPSA) is 75.4 Å². The number of rotatable bonds is 2. The average molecular weight is 146 g/mol. The summed E-state index contributed by atoms with van der Waals surface area (Å²) in [6, 6.07) is 0. The maximum absolute atomic E-state index is 10.8. The zero-order chi connectivity index (χ0) is 8.36. The number of hydrogen-bond donors (Lipinski definition) is 3. The number of nitrogens with two attached hydrogens (primary N) is 1. The summed E-state index contributed by atoms with van der Waals surface area (Å²) in [5.74, 6) is 4.02. The van der Waals surface area contributed by atoms with Gasteiger partial charge in [-0.15, -0.1) is 0 Å². The van der Waals surface area contributed by atoms with Gasteiger partial charge in [0.2, 0.25) is 5.91 Å². The highest BCUT2D eigenvalue weighted by Crippen LogP contribution is 2.14. The first kappa shape index (κ1) is 9.39. The van der Waals surface area contributed by atoms with E-state index >= 15 is 0 Å². The molecule has 0 aliphatic heterocycles. The summed E-state index contributed by atoms with van der Waals surface area (Å²) in [7, 11) is 0. The van der Waals surface area contributed by atoms with Crippen molar-refractivity contribution in [3.8, 4) is 0 Å². The van der Waals surface area contributed by atoms with Crippen LogP contribution in [0.3, 0.4) is 0 Å². The fraction of sp³-hybridized carbons (Fsp3) is 0.833. The lowest BCUT2D eigenvalue weighted by Gasteiger charge is -2.23.